The molecule has 0 bridgehead atoms. The van der Waals surface area contributed by atoms with Gasteiger partial charge in [0, 0.05) is 13.0 Å². The third-order valence-electron chi connectivity index (χ3n) is 3.63. The fourth-order valence-corrected chi connectivity index (χ4v) is 2.34. The average molecular weight is 507 g/mol. The maximum absolute atomic E-state index is 11.0. The lowest BCUT2D eigenvalue weighted by Gasteiger charge is -1.99. The number of benzene rings is 3. The Morgan fingerprint density at radius 1 is 0.676 bits per heavy atom. The van der Waals surface area contributed by atoms with Gasteiger partial charge >= 0.3 is 11.9 Å². The zero-order valence-corrected chi connectivity index (χ0v) is 21.3. The third kappa shape index (κ3) is 15.9. The van der Waals surface area contributed by atoms with Crippen molar-refractivity contribution in [1.82, 2.24) is 0 Å². The van der Waals surface area contributed by atoms with Crippen molar-refractivity contribution in [3.63, 3.8) is 0 Å². The molecule has 0 atom stereocenters. The fourth-order valence-electron chi connectivity index (χ4n) is 2.24. The number of carbonyl (C=O) groups excluding carboxylic acids is 2. The highest BCUT2D eigenvalue weighted by atomic mass is 35.5. The summed E-state index contributed by atoms with van der Waals surface area (Å²) in [6.07, 6.45) is 0. The van der Waals surface area contributed by atoms with E-state index in [-0.39, 0.29) is 18.0 Å². The molecule has 0 aliphatic heterocycles. The molecule has 0 N–H and O–H groups in total. The van der Waals surface area contributed by atoms with Gasteiger partial charge in [-0.05, 0) is 36.8 Å². The van der Waals surface area contributed by atoms with Crippen molar-refractivity contribution < 1.29 is 23.8 Å². The van der Waals surface area contributed by atoms with E-state index in [9.17, 15) is 9.59 Å². The molecule has 0 unspecified atom stereocenters. The normalized spacial score (nSPS) is 8.97. The molecule has 7 heteroatoms. The number of esters is 2. The van der Waals surface area contributed by atoms with Crippen LogP contribution in [0.15, 0.2) is 91.0 Å². The van der Waals surface area contributed by atoms with Gasteiger partial charge in [0.15, 0.2) is 6.07 Å². The molecule has 0 aliphatic carbocycles. The zero-order chi connectivity index (χ0) is 25.4. The summed E-state index contributed by atoms with van der Waals surface area (Å²) in [6, 6.07) is 27.7. The average Bonchev–Trinajstić information content (AvgIpc) is 2.88. The highest BCUT2D eigenvalue weighted by Gasteiger charge is 2.03. The van der Waals surface area contributed by atoms with Gasteiger partial charge in [-0.2, -0.15) is 0 Å². The van der Waals surface area contributed by atoms with Crippen LogP contribution in [-0.4, -0.2) is 37.6 Å². The first-order valence-corrected chi connectivity index (χ1v) is 11.7. The van der Waals surface area contributed by atoms with Crippen LogP contribution in [0.2, 0.25) is 0 Å². The molecule has 0 aliphatic rings. The van der Waals surface area contributed by atoms with Crippen molar-refractivity contribution in [2.75, 3.05) is 25.7 Å². The van der Waals surface area contributed by atoms with Crippen molar-refractivity contribution in [3.05, 3.63) is 108 Å². The van der Waals surface area contributed by atoms with Crippen LogP contribution in [0.1, 0.15) is 40.1 Å². The number of ether oxygens (including phenoxy) is 3. The fraction of sp³-hybridized carbons (Fsp3) is 0.259. The molecule has 0 saturated heterocycles. The van der Waals surface area contributed by atoms with Crippen molar-refractivity contribution in [3.8, 4) is 0 Å². The van der Waals surface area contributed by atoms with E-state index in [1.807, 2.05) is 61.5 Å². The molecular weight excluding hydrogens is 475 g/mol. The Kier molecular flexibility index (Phi) is 20.1. The van der Waals surface area contributed by atoms with E-state index in [4.69, 9.17) is 32.7 Å². The molecule has 184 valence electrons. The largest absolute Gasteiger partial charge is 0.462 e. The van der Waals surface area contributed by atoms with Gasteiger partial charge in [0.05, 0.1) is 24.3 Å². The number of carbonyl (C=O) groups is 2. The predicted molar refractivity (Wildman–Crippen MR) is 139 cm³/mol. The maximum atomic E-state index is 11.0. The van der Waals surface area contributed by atoms with Gasteiger partial charge in [-0.3, -0.25) is 0 Å². The van der Waals surface area contributed by atoms with Crippen molar-refractivity contribution in [1.29, 1.82) is 0 Å². The van der Waals surface area contributed by atoms with E-state index in [1.165, 1.54) is 5.56 Å². The van der Waals surface area contributed by atoms with E-state index < -0.39 is 0 Å². The zero-order valence-electron chi connectivity index (χ0n) is 19.8. The summed E-state index contributed by atoms with van der Waals surface area (Å²) >= 11 is 10.2. The molecule has 0 radical (unpaired) electrons. The van der Waals surface area contributed by atoms with Crippen LogP contribution in [0, 0.1) is 0 Å². The molecule has 0 aromatic heterocycles. The minimum atomic E-state index is -0.388. The Hall–Kier alpha value is -2.86. The molecule has 3 aromatic carbocycles. The van der Waals surface area contributed by atoms with Crippen LogP contribution >= 0.6 is 23.2 Å². The summed E-state index contributed by atoms with van der Waals surface area (Å²) in [5.74, 6) is 0.0775. The van der Waals surface area contributed by atoms with Crippen molar-refractivity contribution in [2.24, 2.45) is 0 Å². The van der Waals surface area contributed by atoms with Crippen LogP contribution in [-0.2, 0) is 20.8 Å². The van der Waals surface area contributed by atoms with Gasteiger partial charge in [-0.1, -0.05) is 85.3 Å². The van der Waals surface area contributed by atoms with Crippen LogP contribution in [0.4, 0.5) is 0 Å². The summed E-state index contributed by atoms with van der Waals surface area (Å²) in [6.45, 7) is 4.82. The molecule has 34 heavy (non-hydrogen) atoms. The topological polar surface area (TPSA) is 61.8 Å². The first-order valence-electron chi connectivity index (χ1n) is 10.6. The van der Waals surface area contributed by atoms with Crippen molar-refractivity contribution >= 4 is 35.1 Å². The van der Waals surface area contributed by atoms with Gasteiger partial charge in [0.25, 0.3) is 0 Å². The number of hydrogen-bond donors (Lipinski definition) is 0. The van der Waals surface area contributed by atoms with E-state index in [1.54, 1.807) is 50.4 Å². The summed E-state index contributed by atoms with van der Waals surface area (Å²) in [5.41, 5.74) is 2.35. The first kappa shape index (κ1) is 31.1. The van der Waals surface area contributed by atoms with E-state index in [0.717, 1.165) is 5.88 Å². The van der Waals surface area contributed by atoms with Crippen LogP contribution in [0.5, 0.6) is 0 Å². The van der Waals surface area contributed by atoms with Crippen LogP contribution < -0.4 is 0 Å². The first-order chi connectivity index (χ1) is 16.5. The standard InChI is InChI=1S/C9H10O2.C8H7ClO2.C8H10O.C2H5Cl/c1-2-11-9(10)8-6-4-3-5-7-8;9-6-11-8(10)7-4-2-1-3-5-7;1-9-7-8-5-3-2-4-6-8;1-2-3/h3-7H,2H2,1H3;1-5H,6H2;2-6H,7H2,1H3;2H2,1H3. The Morgan fingerprint density at radius 2 is 1.06 bits per heavy atom. The van der Waals surface area contributed by atoms with E-state index in [2.05, 4.69) is 4.74 Å². The Morgan fingerprint density at radius 3 is 1.41 bits per heavy atom. The van der Waals surface area contributed by atoms with Gasteiger partial charge < -0.3 is 14.2 Å². The highest BCUT2D eigenvalue weighted by molar-refractivity contribution is 6.17. The van der Waals surface area contributed by atoms with Gasteiger partial charge in [-0.15, -0.1) is 11.6 Å². The molecule has 0 amide bonds. The van der Waals surface area contributed by atoms with Crippen LogP contribution in [0.3, 0.4) is 0 Å². The minimum absolute atomic E-state index is 0.103. The summed E-state index contributed by atoms with van der Waals surface area (Å²) in [4.78, 5) is 22.0. The quantitative estimate of drug-likeness (QED) is 0.266. The molecule has 3 aromatic rings. The van der Waals surface area contributed by atoms with Crippen molar-refractivity contribution in [2.45, 2.75) is 20.5 Å². The monoisotopic (exact) mass is 506 g/mol. The van der Waals surface area contributed by atoms with Gasteiger partial charge in [0.2, 0.25) is 0 Å². The van der Waals surface area contributed by atoms with Gasteiger partial charge in [-0.25, -0.2) is 9.59 Å². The van der Waals surface area contributed by atoms with Crippen LogP contribution in [0.25, 0.3) is 0 Å². The highest BCUT2D eigenvalue weighted by Crippen LogP contribution is 2.01. The molecule has 3 rings (SSSR count). The second-order valence-corrected chi connectivity index (χ2v) is 6.93. The number of methoxy groups -OCH3 is 1. The Bertz CT molecular complexity index is 822. The second kappa shape index (κ2) is 22.0. The molecule has 0 heterocycles. The number of alkyl halides is 2. The minimum Gasteiger partial charge on any atom is -0.462 e. The number of rotatable bonds is 6. The molecule has 5 nitrogen and oxygen atoms in total. The summed E-state index contributed by atoms with van der Waals surface area (Å²) < 4.78 is 14.3. The predicted octanol–water partition coefficient (Wildman–Crippen LogP) is 6.98. The number of halogens is 2. The molecule has 0 spiro atoms. The lowest BCUT2D eigenvalue weighted by molar-refractivity contribution is 0.0524. The van der Waals surface area contributed by atoms with E-state index >= 15 is 0 Å². The SMILES string of the molecule is CCCl.CCOC(=O)c1ccccc1.COCc1ccccc1.O=C(OCCl)c1ccccc1. The number of hydrogen-bond acceptors (Lipinski definition) is 5. The van der Waals surface area contributed by atoms with E-state index in [0.29, 0.717) is 24.3 Å². The maximum Gasteiger partial charge on any atom is 0.339 e. The molecule has 0 saturated carbocycles. The van der Waals surface area contributed by atoms with Gasteiger partial charge in [0.1, 0.15) is 0 Å². The lowest BCUT2D eigenvalue weighted by Crippen LogP contribution is -2.03. The molecular formula is C27H32Cl2O5. The Balaban J connectivity index is 0.000000456. The third-order valence-corrected chi connectivity index (χ3v) is 3.74. The Labute approximate surface area is 212 Å². The summed E-state index contributed by atoms with van der Waals surface area (Å²) in [7, 11) is 1.70. The smallest absolute Gasteiger partial charge is 0.339 e. The second-order valence-electron chi connectivity index (χ2n) is 6.18. The lowest BCUT2D eigenvalue weighted by atomic mass is 10.2. The molecule has 0 fully saturated rings. The summed E-state index contributed by atoms with van der Waals surface area (Å²) in [5, 5.41) is 0.